The fourth-order valence-electron chi connectivity index (χ4n) is 1.06. The molecule has 0 radical (unpaired) electrons. The van der Waals surface area contributed by atoms with Crippen LogP contribution in [0.25, 0.3) is 0 Å². The third-order valence-electron chi connectivity index (χ3n) is 1.86. The number of aromatic nitrogens is 2. The molecule has 0 aromatic carbocycles. The van der Waals surface area contributed by atoms with Gasteiger partial charge in [-0.3, -0.25) is 0 Å². The SMILES string of the molecule is C=C(C)C(=O)OCCC[n+]1cc[nH]c1O. The second kappa shape index (κ2) is 5.19. The number of aryl methyl sites for hydroxylation is 1. The predicted molar refractivity (Wildman–Crippen MR) is 53.0 cm³/mol. The molecular formula is C10H15N2O3+. The lowest BCUT2D eigenvalue weighted by molar-refractivity contribution is -0.701. The second-order valence-electron chi connectivity index (χ2n) is 3.25. The Morgan fingerprint density at radius 2 is 2.47 bits per heavy atom. The number of esters is 1. The first kappa shape index (κ1) is 11.3. The van der Waals surface area contributed by atoms with Crippen LogP contribution in [0, 0.1) is 0 Å². The Hall–Kier alpha value is -1.78. The highest BCUT2D eigenvalue weighted by atomic mass is 16.5. The normalized spacial score (nSPS) is 9.93. The van der Waals surface area contributed by atoms with Gasteiger partial charge in [-0.05, 0) is 6.92 Å². The molecular weight excluding hydrogens is 196 g/mol. The Bertz CT molecular complexity index is 357. The van der Waals surface area contributed by atoms with E-state index in [0.717, 1.165) is 0 Å². The van der Waals surface area contributed by atoms with Crippen LogP contribution in [-0.2, 0) is 16.1 Å². The molecule has 5 heteroatoms. The highest BCUT2D eigenvalue weighted by Crippen LogP contribution is 1.96. The highest BCUT2D eigenvalue weighted by molar-refractivity contribution is 5.86. The van der Waals surface area contributed by atoms with Gasteiger partial charge in [-0.15, -0.1) is 0 Å². The molecule has 1 aromatic heterocycles. The summed E-state index contributed by atoms with van der Waals surface area (Å²) >= 11 is 0. The van der Waals surface area contributed by atoms with Gasteiger partial charge in [0.1, 0.15) is 12.4 Å². The number of nitrogens with one attached hydrogen (secondary N) is 1. The van der Waals surface area contributed by atoms with Crippen molar-refractivity contribution < 1.29 is 19.2 Å². The van der Waals surface area contributed by atoms with E-state index >= 15 is 0 Å². The summed E-state index contributed by atoms with van der Waals surface area (Å²) in [5, 5.41) is 9.23. The van der Waals surface area contributed by atoms with Gasteiger partial charge in [0.15, 0.2) is 0 Å². The Labute approximate surface area is 88.0 Å². The smallest absolute Gasteiger partial charge is 0.451 e. The largest absolute Gasteiger partial charge is 0.462 e. The van der Waals surface area contributed by atoms with Gasteiger partial charge >= 0.3 is 12.0 Å². The van der Waals surface area contributed by atoms with Crippen LogP contribution in [0.1, 0.15) is 13.3 Å². The van der Waals surface area contributed by atoms with Crippen LogP contribution < -0.4 is 4.57 Å². The van der Waals surface area contributed by atoms with Crippen molar-refractivity contribution in [3.05, 3.63) is 24.5 Å². The molecule has 0 spiro atoms. The number of nitrogens with zero attached hydrogens (tertiary/aromatic N) is 1. The highest BCUT2D eigenvalue weighted by Gasteiger charge is 2.08. The van der Waals surface area contributed by atoms with E-state index in [9.17, 15) is 9.90 Å². The van der Waals surface area contributed by atoms with Gasteiger partial charge in [-0.2, -0.15) is 4.57 Å². The molecule has 0 aliphatic rings. The molecule has 0 atom stereocenters. The van der Waals surface area contributed by atoms with Crippen molar-refractivity contribution in [2.45, 2.75) is 19.9 Å². The molecule has 0 amide bonds. The van der Waals surface area contributed by atoms with Crippen LogP contribution in [0.5, 0.6) is 6.01 Å². The number of carbonyl (C=O) groups is 1. The molecule has 0 aliphatic heterocycles. The lowest BCUT2D eigenvalue weighted by Gasteiger charge is -2.02. The fourth-order valence-corrected chi connectivity index (χ4v) is 1.06. The number of hydrogen-bond donors (Lipinski definition) is 2. The monoisotopic (exact) mass is 211 g/mol. The Morgan fingerprint density at radius 1 is 1.73 bits per heavy atom. The second-order valence-corrected chi connectivity index (χ2v) is 3.25. The first-order valence-corrected chi connectivity index (χ1v) is 4.69. The number of aromatic hydroxyl groups is 1. The summed E-state index contributed by atoms with van der Waals surface area (Å²) in [5.41, 5.74) is 0.396. The average molecular weight is 211 g/mol. The zero-order valence-electron chi connectivity index (χ0n) is 8.69. The summed E-state index contributed by atoms with van der Waals surface area (Å²) in [4.78, 5) is 13.6. The summed E-state index contributed by atoms with van der Waals surface area (Å²) < 4.78 is 6.53. The van der Waals surface area contributed by atoms with Crippen molar-refractivity contribution >= 4 is 5.97 Å². The van der Waals surface area contributed by atoms with Gasteiger partial charge in [0.25, 0.3) is 0 Å². The summed E-state index contributed by atoms with van der Waals surface area (Å²) in [5.74, 6) is -0.377. The van der Waals surface area contributed by atoms with E-state index in [1.807, 2.05) is 0 Å². The molecule has 0 fully saturated rings. The zero-order valence-corrected chi connectivity index (χ0v) is 8.69. The molecule has 0 bridgehead atoms. The first-order chi connectivity index (χ1) is 7.11. The van der Waals surface area contributed by atoms with Crippen molar-refractivity contribution in [3.63, 3.8) is 0 Å². The van der Waals surface area contributed by atoms with E-state index in [-0.39, 0.29) is 12.0 Å². The van der Waals surface area contributed by atoms with E-state index in [1.54, 1.807) is 23.9 Å². The molecule has 1 aromatic rings. The molecule has 0 saturated heterocycles. The van der Waals surface area contributed by atoms with Crippen LogP contribution in [0.15, 0.2) is 24.5 Å². The maximum Gasteiger partial charge on any atom is 0.451 e. The van der Waals surface area contributed by atoms with E-state index in [0.29, 0.717) is 25.1 Å². The molecule has 1 rings (SSSR count). The van der Waals surface area contributed by atoms with Crippen molar-refractivity contribution in [1.82, 2.24) is 4.98 Å². The Kier molecular flexibility index (Phi) is 3.91. The van der Waals surface area contributed by atoms with E-state index in [2.05, 4.69) is 11.6 Å². The number of imidazole rings is 1. The minimum absolute atomic E-state index is 0.0984. The van der Waals surface area contributed by atoms with E-state index in [1.165, 1.54) is 0 Å². The number of rotatable bonds is 5. The van der Waals surface area contributed by atoms with Crippen LogP contribution in [0.4, 0.5) is 0 Å². The van der Waals surface area contributed by atoms with Crippen LogP contribution in [0.2, 0.25) is 0 Å². The zero-order chi connectivity index (χ0) is 11.3. The van der Waals surface area contributed by atoms with Gasteiger partial charge in [0.2, 0.25) is 0 Å². The molecule has 1 heterocycles. The molecule has 0 unspecified atom stereocenters. The van der Waals surface area contributed by atoms with Crippen LogP contribution in [0.3, 0.4) is 0 Å². The van der Waals surface area contributed by atoms with Crippen molar-refractivity contribution in [3.8, 4) is 6.01 Å². The van der Waals surface area contributed by atoms with Gasteiger partial charge < -0.3 is 9.84 Å². The van der Waals surface area contributed by atoms with Gasteiger partial charge in [-0.1, -0.05) is 6.58 Å². The number of ether oxygens (including phenoxy) is 1. The standard InChI is InChI=1S/C10H14N2O3/c1-8(2)9(13)15-7-3-5-12-6-4-11-10(12)14/h4,6H,1,3,5,7H2,2H3,(H,11,14)/p+1. The van der Waals surface area contributed by atoms with Gasteiger partial charge in [-0.25, -0.2) is 9.78 Å². The minimum Gasteiger partial charge on any atom is -0.462 e. The number of carbonyl (C=O) groups excluding carboxylic acids is 1. The summed E-state index contributed by atoms with van der Waals surface area (Å²) in [7, 11) is 0. The molecule has 0 aliphatic carbocycles. The Morgan fingerprint density at radius 3 is 3.00 bits per heavy atom. The van der Waals surface area contributed by atoms with E-state index < -0.39 is 0 Å². The lowest BCUT2D eigenvalue weighted by atomic mass is 10.3. The van der Waals surface area contributed by atoms with Crippen molar-refractivity contribution in [2.75, 3.05) is 6.61 Å². The molecule has 0 saturated carbocycles. The van der Waals surface area contributed by atoms with Crippen molar-refractivity contribution in [2.24, 2.45) is 0 Å². The third kappa shape index (κ3) is 3.46. The molecule has 2 N–H and O–H groups in total. The number of aromatic amines is 1. The van der Waals surface area contributed by atoms with Crippen LogP contribution >= 0.6 is 0 Å². The fraction of sp³-hybridized carbons (Fsp3) is 0.400. The third-order valence-corrected chi connectivity index (χ3v) is 1.86. The Balaban J connectivity index is 2.20. The quantitative estimate of drug-likeness (QED) is 0.323. The number of H-pyrrole nitrogens is 1. The van der Waals surface area contributed by atoms with Crippen LogP contribution in [-0.4, -0.2) is 22.7 Å². The molecule has 5 nitrogen and oxygen atoms in total. The van der Waals surface area contributed by atoms with Crippen molar-refractivity contribution in [1.29, 1.82) is 0 Å². The minimum atomic E-state index is -0.377. The molecule has 15 heavy (non-hydrogen) atoms. The predicted octanol–water partition coefficient (Wildman–Crippen LogP) is 0.517. The van der Waals surface area contributed by atoms with E-state index in [4.69, 9.17) is 4.74 Å². The summed E-state index contributed by atoms with van der Waals surface area (Å²) in [6.07, 6.45) is 4.00. The summed E-state index contributed by atoms with van der Waals surface area (Å²) in [6, 6.07) is 0.0984. The molecule has 82 valence electrons. The lowest BCUT2D eigenvalue weighted by Crippen LogP contribution is -2.32. The van der Waals surface area contributed by atoms with Gasteiger partial charge in [0.05, 0.1) is 13.2 Å². The summed E-state index contributed by atoms with van der Waals surface area (Å²) in [6.45, 7) is 6.00. The number of hydrogen-bond acceptors (Lipinski definition) is 3. The average Bonchev–Trinajstić information content (AvgIpc) is 2.58. The maximum absolute atomic E-state index is 11.0. The topological polar surface area (TPSA) is 66.2 Å². The van der Waals surface area contributed by atoms with Gasteiger partial charge in [0, 0.05) is 12.0 Å². The maximum atomic E-state index is 11.0. The first-order valence-electron chi connectivity index (χ1n) is 4.69.